The van der Waals surface area contributed by atoms with Crippen molar-refractivity contribution in [1.82, 2.24) is 9.78 Å². The van der Waals surface area contributed by atoms with E-state index in [1.54, 1.807) is 18.0 Å². The lowest BCUT2D eigenvalue weighted by molar-refractivity contribution is 0.0931. The summed E-state index contributed by atoms with van der Waals surface area (Å²) in [6, 6.07) is 10.0. The molecule has 0 bridgehead atoms. The Balaban J connectivity index is 1.94. The van der Waals surface area contributed by atoms with Crippen LogP contribution in [0.25, 0.3) is 0 Å². The summed E-state index contributed by atoms with van der Waals surface area (Å²) in [5.41, 5.74) is 1.38. The first kappa shape index (κ1) is 14.5. The quantitative estimate of drug-likeness (QED) is 0.753. The van der Waals surface area contributed by atoms with Crippen molar-refractivity contribution in [2.24, 2.45) is 0 Å². The molecule has 1 fully saturated rings. The van der Waals surface area contributed by atoms with E-state index < -0.39 is 0 Å². The van der Waals surface area contributed by atoms with Crippen LogP contribution in [-0.2, 0) is 16.7 Å². The number of nitrogens with zero attached hydrogens (tertiary/aromatic N) is 2. The molecular formula is C16H17BrN2O2. The van der Waals surface area contributed by atoms with Gasteiger partial charge in [0.2, 0.25) is 0 Å². The van der Waals surface area contributed by atoms with Gasteiger partial charge in [0.05, 0.1) is 29.2 Å². The van der Waals surface area contributed by atoms with Gasteiger partial charge >= 0.3 is 0 Å². The molecule has 1 aromatic carbocycles. The van der Waals surface area contributed by atoms with Gasteiger partial charge in [0, 0.05) is 7.11 Å². The monoisotopic (exact) mass is 348 g/mol. The summed E-state index contributed by atoms with van der Waals surface area (Å²) >= 11 is 3.46. The van der Waals surface area contributed by atoms with E-state index in [-0.39, 0.29) is 11.2 Å². The van der Waals surface area contributed by atoms with Gasteiger partial charge in [0.1, 0.15) is 5.69 Å². The molecule has 1 aliphatic rings. The van der Waals surface area contributed by atoms with Gasteiger partial charge in [0.25, 0.3) is 0 Å². The maximum absolute atomic E-state index is 13.1. The van der Waals surface area contributed by atoms with E-state index in [0.29, 0.717) is 18.8 Å². The Morgan fingerprint density at radius 2 is 2.10 bits per heavy atom. The Kier molecular flexibility index (Phi) is 3.95. The third-order valence-electron chi connectivity index (χ3n) is 4.03. The number of benzene rings is 1. The maximum Gasteiger partial charge on any atom is 0.192 e. The lowest BCUT2D eigenvalue weighted by atomic mass is 9.89. The van der Waals surface area contributed by atoms with Crippen molar-refractivity contribution >= 4 is 21.7 Å². The number of Topliss-reactive ketones (excluding diaryl/α,β-unsaturated/α-hetero) is 1. The first-order valence-corrected chi connectivity index (χ1v) is 7.79. The standard InChI is InChI=1S/C16H17BrN2O2/c1-21-10-9-19-14(13(17)11-18-19)15(20)16(7-8-16)12-5-3-2-4-6-12/h2-6,11H,7-10H2,1H3. The molecule has 1 aromatic heterocycles. The number of aromatic nitrogens is 2. The smallest absolute Gasteiger partial charge is 0.192 e. The minimum atomic E-state index is -0.366. The first-order chi connectivity index (χ1) is 10.2. The normalized spacial score (nSPS) is 15.9. The van der Waals surface area contributed by atoms with Crippen molar-refractivity contribution in [3.05, 3.63) is 52.3 Å². The fraction of sp³-hybridized carbons (Fsp3) is 0.375. The minimum absolute atomic E-state index is 0.147. The van der Waals surface area contributed by atoms with E-state index in [0.717, 1.165) is 22.9 Å². The van der Waals surface area contributed by atoms with Crippen LogP contribution in [-0.4, -0.2) is 29.3 Å². The van der Waals surface area contributed by atoms with E-state index >= 15 is 0 Å². The molecule has 1 heterocycles. The van der Waals surface area contributed by atoms with Crippen LogP contribution in [0.3, 0.4) is 0 Å². The zero-order valence-electron chi connectivity index (χ0n) is 11.9. The molecule has 3 rings (SSSR count). The maximum atomic E-state index is 13.1. The summed E-state index contributed by atoms with van der Waals surface area (Å²) in [6.07, 6.45) is 3.49. The number of hydrogen-bond donors (Lipinski definition) is 0. The Morgan fingerprint density at radius 3 is 2.71 bits per heavy atom. The zero-order valence-corrected chi connectivity index (χ0v) is 13.5. The Bertz CT molecular complexity index is 648. The van der Waals surface area contributed by atoms with Gasteiger partial charge in [-0.1, -0.05) is 30.3 Å². The minimum Gasteiger partial charge on any atom is -0.383 e. The number of ketones is 1. The summed E-state index contributed by atoms with van der Waals surface area (Å²) in [7, 11) is 1.65. The van der Waals surface area contributed by atoms with E-state index in [2.05, 4.69) is 21.0 Å². The Morgan fingerprint density at radius 1 is 1.38 bits per heavy atom. The molecule has 21 heavy (non-hydrogen) atoms. The van der Waals surface area contributed by atoms with Gasteiger partial charge in [-0.05, 0) is 34.3 Å². The lowest BCUT2D eigenvalue weighted by Crippen LogP contribution is -2.25. The Labute approximate surface area is 132 Å². The molecule has 0 radical (unpaired) electrons. The molecule has 2 aromatic rings. The predicted octanol–water partition coefficient (Wildman–Crippen LogP) is 3.21. The summed E-state index contributed by atoms with van der Waals surface area (Å²) < 4.78 is 7.58. The third-order valence-corrected chi connectivity index (χ3v) is 4.61. The molecule has 0 unspecified atom stereocenters. The molecule has 5 heteroatoms. The SMILES string of the molecule is COCCn1ncc(Br)c1C(=O)C1(c2ccccc2)CC1. The fourth-order valence-electron chi connectivity index (χ4n) is 2.69. The van der Waals surface area contributed by atoms with Crippen molar-refractivity contribution in [2.45, 2.75) is 24.8 Å². The summed E-state index contributed by atoms with van der Waals surface area (Å²) in [4.78, 5) is 13.1. The number of carbonyl (C=O) groups is 1. The molecular weight excluding hydrogens is 332 g/mol. The summed E-state index contributed by atoms with van der Waals surface area (Å²) in [5, 5.41) is 4.28. The van der Waals surface area contributed by atoms with E-state index in [1.807, 2.05) is 30.3 Å². The van der Waals surface area contributed by atoms with Crippen LogP contribution in [0.2, 0.25) is 0 Å². The molecule has 0 atom stereocenters. The highest BCUT2D eigenvalue weighted by Crippen LogP contribution is 2.51. The molecule has 4 nitrogen and oxygen atoms in total. The number of rotatable bonds is 6. The highest BCUT2D eigenvalue weighted by molar-refractivity contribution is 9.10. The number of halogens is 1. The highest BCUT2D eigenvalue weighted by Gasteiger charge is 2.52. The average Bonchev–Trinajstić information content (AvgIpc) is 3.25. The van der Waals surface area contributed by atoms with Gasteiger partial charge in [0.15, 0.2) is 5.78 Å². The molecule has 0 aliphatic heterocycles. The average molecular weight is 349 g/mol. The molecule has 0 N–H and O–H groups in total. The molecule has 110 valence electrons. The Hall–Kier alpha value is -1.46. The fourth-order valence-corrected chi connectivity index (χ4v) is 3.17. The van der Waals surface area contributed by atoms with Crippen molar-refractivity contribution < 1.29 is 9.53 Å². The van der Waals surface area contributed by atoms with Gasteiger partial charge < -0.3 is 4.74 Å². The summed E-state index contributed by atoms with van der Waals surface area (Å²) in [5.74, 6) is 0.147. The van der Waals surface area contributed by atoms with Crippen LogP contribution in [0, 0.1) is 0 Å². The van der Waals surface area contributed by atoms with Crippen molar-refractivity contribution in [2.75, 3.05) is 13.7 Å². The van der Waals surface area contributed by atoms with Crippen molar-refractivity contribution in [3.63, 3.8) is 0 Å². The van der Waals surface area contributed by atoms with Crippen LogP contribution in [0.15, 0.2) is 41.0 Å². The number of hydrogen-bond acceptors (Lipinski definition) is 3. The van der Waals surface area contributed by atoms with E-state index in [1.165, 1.54) is 0 Å². The number of methoxy groups -OCH3 is 1. The van der Waals surface area contributed by atoms with Crippen LogP contribution in [0.4, 0.5) is 0 Å². The molecule has 1 aliphatic carbocycles. The second-order valence-corrected chi connectivity index (χ2v) is 6.19. The van der Waals surface area contributed by atoms with Gasteiger partial charge in [-0.2, -0.15) is 5.10 Å². The number of carbonyl (C=O) groups excluding carboxylic acids is 1. The van der Waals surface area contributed by atoms with Crippen LogP contribution < -0.4 is 0 Å². The molecule has 1 saturated carbocycles. The largest absolute Gasteiger partial charge is 0.383 e. The first-order valence-electron chi connectivity index (χ1n) is 6.99. The zero-order chi connectivity index (χ0) is 14.9. The molecule has 0 amide bonds. The van der Waals surface area contributed by atoms with E-state index in [9.17, 15) is 4.79 Å². The van der Waals surface area contributed by atoms with Crippen molar-refractivity contribution in [1.29, 1.82) is 0 Å². The second kappa shape index (κ2) is 5.73. The van der Waals surface area contributed by atoms with Crippen LogP contribution in [0.1, 0.15) is 28.9 Å². The van der Waals surface area contributed by atoms with Gasteiger partial charge in [-0.3, -0.25) is 9.48 Å². The predicted molar refractivity (Wildman–Crippen MR) is 83.5 cm³/mol. The van der Waals surface area contributed by atoms with Gasteiger partial charge in [-0.15, -0.1) is 0 Å². The molecule has 0 spiro atoms. The topological polar surface area (TPSA) is 44.1 Å². The second-order valence-electron chi connectivity index (χ2n) is 5.33. The van der Waals surface area contributed by atoms with Crippen LogP contribution in [0.5, 0.6) is 0 Å². The van der Waals surface area contributed by atoms with E-state index in [4.69, 9.17) is 4.74 Å². The van der Waals surface area contributed by atoms with Crippen molar-refractivity contribution in [3.8, 4) is 0 Å². The molecule has 0 saturated heterocycles. The van der Waals surface area contributed by atoms with Gasteiger partial charge in [-0.25, -0.2) is 0 Å². The van der Waals surface area contributed by atoms with Crippen LogP contribution >= 0.6 is 15.9 Å². The highest BCUT2D eigenvalue weighted by atomic mass is 79.9. The summed E-state index contributed by atoms with van der Waals surface area (Å²) in [6.45, 7) is 1.11. The lowest BCUT2D eigenvalue weighted by Gasteiger charge is -2.16. The number of ether oxygens (including phenoxy) is 1. The third kappa shape index (κ3) is 2.56.